The minimum atomic E-state index is -4.33. The van der Waals surface area contributed by atoms with E-state index in [2.05, 4.69) is 5.32 Å². The lowest BCUT2D eigenvalue weighted by Gasteiger charge is -2.16. The molecule has 2 rings (SSSR count). The Hall–Kier alpha value is -2.21. The molecule has 0 heterocycles. The minimum Gasteiger partial charge on any atom is -0.504 e. The highest BCUT2D eigenvalue weighted by Crippen LogP contribution is 2.32. The van der Waals surface area contributed by atoms with E-state index in [-0.39, 0.29) is 17.4 Å². The number of benzene rings is 2. The fourth-order valence-electron chi connectivity index (χ4n) is 2.74. The van der Waals surface area contributed by atoms with Gasteiger partial charge in [-0.1, -0.05) is 18.2 Å². The van der Waals surface area contributed by atoms with Crippen molar-refractivity contribution in [2.24, 2.45) is 0 Å². The Balaban J connectivity index is 1.90. The summed E-state index contributed by atoms with van der Waals surface area (Å²) in [6.45, 7) is 3.84. The largest absolute Gasteiger partial charge is 0.504 e. The molecule has 0 aliphatic rings. The first-order valence-electron chi connectivity index (χ1n) is 8.46. The molecule has 0 spiro atoms. The average Bonchev–Trinajstić information content (AvgIpc) is 2.59. The maximum Gasteiger partial charge on any atom is 0.416 e. The van der Waals surface area contributed by atoms with Crippen LogP contribution in [0.25, 0.3) is 0 Å². The molecule has 26 heavy (non-hydrogen) atoms. The van der Waals surface area contributed by atoms with Crippen molar-refractivity contribution in [3.63, 3.8) is 0 Å². The van der Waals surface area contributed by atoms with Crippen molar-refractivity contribution < 1.29 is 23.0 Å². The van der Waals surface area contributed by atoms with E-state index < -0.39 is 11.7 Å². The van der Waals surface area contributed by atoms with Crippen LogP contribution >= 0.6 is 0 Å². The number of nitrogens with one attached hydrogen (secondary N) is 1. The molecule has 142 valence electrons. The molecule has 0 aromatic heterocycles. The Labute approximate surface area is 151 Å². The predicted octanol–water partition coefficient (Wildman–Crippen LogP) is 4.84. The number of phenolic OH excluding ortho intramolecular Hbond substituents is 1. The van der Waals surface area contributed by atoms with E-state index in [0.29, 0.717) is 17.9 Å². The van der Waals surface area contributed by atoms with Gasteiger partial charge in [-0.2, -0.15) is 13.2 Å². The molecule has 0 bridgehead atoms. The Morgan fingerprint density at radius 1 is 1.12 bits per heavy atom. The van der Waals surface area contributed by atoms with Crippen LogP contribution in [0.2, 0.25) is 0 Å². The molecule has 2 aromatic carbocycles. The van der Waals surface area contributed by atoms with Crippen molar-refractivity contribution in [2.75, 3.05) is 7.11 Å². The zero-order chi connectivity index (χ0) is 19.3. The van der Waals surface area contributed by atoms with Gasteiger partial charge in [0, 0.05) is 12.6 Å². The van der Waals surface area contributed by atoms with E-state index in [4.69, 9.17) is 4.74 Å². The Kier molecular flexibility index (Phi) is 6.53. The van der Waals surface area contributed by atoms with Gasteiger partial charge in [0.05, 0.1) is 12.7 Å². The lowest BCUT2D eigenvalue weighted by molar-refractivity contribution is -0.138. The van der Waals surface area contributed by atoms with Gasteiger partial charge in [0.1, 0.15) is 0 Å². The van der Waals surface area contributed by atoms with Crippen LogP contribution in [0.15, 0.2) is 36.4 Å². The maximum absolute atomic E-state index is 13.0. The Morgan fingerprint density at radius 2 is 1.81 bits per heavy atom. The lowest BCUT2D eigenvalue weighted by atomic mass is 10.0. The highest BCUT2D eigenvalue weighted by molar-refractivity contribution is 5.41. The molecule has 0 radical (unpaired) electrons. The molecule has 0 amide bonds. The van der Waals surface area contributed by atoms with E-state index in [1.807, 2.05) is 13.0 Å². The summed E-state index contributed by atoms with van der Waals surface area (Å²) < 4.78 is 44.0. The van der Waals surface area contributed by atoms with E-state index in [9.17, 15) is 18.3 Å². The highest BCUT2D eigenvalue weighted by Gasteiger charge is 2.32. The average molecular weight is 367 g/mol. The number of methoxy groups -OCH3 is 1. The third-order valence-corrected chi connectivity index (χ3v) is 4.37. The molecule has 0 aliphatic carbocycles. The summed E-state index contributed by atoms with van der Waals surface area (Å²) in [4.78, 5) is 0. The summed E-state index contributed by atoms with van der Waals surface area (Å²) in [7, 11) is 1.50. The first-order valence-corrected chi connectivity index (χ1v) is 8.46. The molecule has 2 aromatic rings. The number of aryl methyl sites for hydroxylation is 2. The van der Waals surface area contributed by atoms with Crippen LogP contribution in [0.1, 0.15) is 35.6 Å². The second-order valence-electron chi connectivity index (χ2n) is 6.47. The van der Waals surface area contributed by atoms with Crippen LogP contribution in [0.4, 0.5) is 13.2 Å². The summed E-state index contributed by atoms with van der Waals surface area (Å²) in [5.41, 5.74) is 1.29. The van der Waals surface area contributed by atoms with Gasteiger partial charge in [-0.25, -0.2) is 0 Å². The van der Waals surface area contributed by atoms with E-state index in [0.717, 1.165) is 18.4 Å². The lowest BCUT2D eigenvalue weighted by Crippen LogP contribution is -2.26. The molecule has 3 nitrogen and oxygen atoms in total. The second-order valence-corrected chi connectivity index (χ2v) is 6.47. The van der Waals surface area contributed by atoms with Gasteiger partial charge >= 0.3 is 6.18 Å². The SMILES string of the molecule is COc1cc(CC[C@@H](C)NCc2ccc(C)c(C(F)(F)F)c2)ccc1O. The standard InChI is InChI=1S/C20H24F3NO2/c1-13-4-6-16(10-17(13)20(21,22)23)12-24-14(2)5-7-15-8-9-18(25)19(11-15)26-3/h4,6,8-11,14,24-25H,5,7,12H2,1-3H3/t14-/m1/s1. The molecule has 0 saturated carbocycles. The first kappa shape index (κ1) is 20.1. The van der Waals surface area contributed by atoms with E-state index in [1.165, 1.54) is 26.2 Å². The summed E-state index contributed by atoms with van der Waals surface area (Å²) in [6, 6.07) is 9.78. The van der Waals surface area contributed by atoms with Crippen molar-refractivity contribution in [2.45, 2.75) is 45.5 Å². The first-order chi connectivity index (χ1) is 12.2. The second kappa shape index (κ2) is 8.45. The topological polar surface area (TPSA) is 41.5 Å². The van der Waals surface area contributed by atoms with Crippen molar-refractivity contribution in [1.82, 2.24) is 5.32 Å². The van der Waals surface area contributed by atoms with Crippen molar-refractivity contribution in [3.8, 4) is 11.5 Å². The Bertz CT molecular complexity index is 744. The number of rotatable bonds is 7. The fourth-order valence-corrected chi connectivity index (χ4v) is 2.74. The number of hydrogen-bond donors (Lipinski definition) is 2. The van der Waals surface area contributed by atoms with Gasteiger partial charge in [-0.3, -0.25) is 0 Å². The number of hydrogen-bond acceptors (Lipinski definition) is 3. The molecule has 2 N–H and O–H groups in total. The molecular formula is C20H24F3NO2. The predicted molar refractivity (Wildman–Crippen MR) is 95.5 cm³/mol. The van der Waals surface area contributed by atoms with Crippen LogP contribution in [-0.4, -0.2) is 18.3 Å². The van der Waals surface area contributed by atoms with Crippen LogP contribution < -0.4 is 10.1 Å². The third-order valence-electron chi connectivity index (χ3n) is 4.37. The summed E-state index contributed by atoms with van der Waals surface area (Å²) in [5, 5.41) is 12.9. The third kappa shape index (κ3) is 5.39. The van der Waals surface area contributed by atoms with E-state index >= 15 is 0 Å². The number of alkyl halides is 3. The minimum absolute atomic E-state index is 0.0993. The van der Waals surface area contributed by atoms with Gasteiger partial charge in [-0.15, -0.1) is 0 Å². The molecule has 0 saturated heterocycles. The van der Waals surface area contributed by atoms with Crippen molar-refractivity contribution >= 4 is 0 Å². The van der Waals surface area contributed by atoms with Crippen LogP contribution in [0.3, 0.4) is 0 Å². The summed E-state index contributed by atoms with van der Waals surface area (Å²) in [6.07, 6.45) is -2.75. The number of halogens is 3. The van der Waals surface area contributed by atoms with Crippen molar-refractivity contribution in [1.29, 1.82) is 0 Å². The molecule has 0 aliphatic heterocycles. The normalized spacial score (nSPS) is 12.8. The smallest absolute Gasteiger partial charge is 0.416 e. The molecular weight excluding hydrogens is 343 g/mol. The highest BCUT2D eigenvalue weighted by atomic mass is 19.4. The summed E-state index contributed by atoms with van der Waals surface area (Å²) >= 11 is 0. The monoisotopic (exact) mass is 367 g/mol. The zero-order valence-corrected chi connectivity index (χ0v) is 15.2. The van der Waals surface area contributed by atoms with E-state index in [1.54, 1.807) is 18.2 Å². The Morgan fingerprint density at radius 3 is 2.46 bits per heavy atom. The summed E-state index contributed by atoms with van der Waals surface area (Å²) in [5.74, 6) is 0.532. The van der Waals surface area contributed by atoms with Crippen LogP contribution in [-0.2, 0) is 19.1 Å². The zero-order valence-electron chi connectivity index (χ0n) is 15.2. The number of aromatic hydroxyl groups is 1. The molecule has 1 atom stereocenters. The quantitative estimate of drug-likeness (QED) is 0.736. The molecule has 0 fully saturated rings. The fraction of sp³-hybridized carbons (Fsp3) is 0.400. The molecule has 6 heteroatoms. The van der Waals surface area contributed by atoms with Gasteiger partial charge in [-0.05, 0) is 61.6 Å². The van der Waals surface area contributed by atoms with Gasteiger partial charge in [0.15, 0.2) is 11.5 Å². The van der Waals surface area contributed by atoms with Crippen LogP contribution in [0.5, 0.6) is 11.5 Å². The van der Waals surface area contributed by atoms with Gasteiger partial charge in [0.2, 0.25) is 0 Å². The number of ether oxygens (including phenoxy) is 1. The number of phenols is 1. The molecule has 0 unspecified atom stereocenters. The van der Waals surface area contributed by atoms with Crippen molar-refractivity contribution in [3.05, 3.63) is 58.7 Å². The van der Waals surface area contributed by atoms with Crippen LogP contribution in [0, 0.1) is 6.92 Å². The maximum atomic E-state index is 13.0. The van der Waals surface area contributed by atoms with Gasteiger partial charge in [0.25, 0.3) is 0 Å². The van der Waals surface area contributed by atoms with Gasteiger partial charge < -0.3 is 15.2 Å².